The molecule has 14 heavy (non-hydrogen) atoms. The van der Waals surface area contributed by atoms with E-state index < -0.39 is 4.92 Å². The summed E-state index contributed by atoms with van der Waals surface area (Å²) >= 11 is 0. The molecule has 0 aromatic heterocycles. The van der Waals surface area contributed by atoms with E-state index in [1.165, 1.54) is 12.1 Å². The van der Waals surface area contributed by atoms with Crippen molar-refractivity contribution in [1.82, 2.24) is 0 Å². The number of rotatable bonds is 4. The van der Waals surface area contributed by atoms with Crippen LogP contribution in [0.5, 0.6) is 0 Å². The van der Waals surface area contributed by atoms with Crippen LogP contribution < -0.4 is 5.32 Å². The highest BCUT2D eigenvalue weighted by molar-refractivity contribution is 5.48. The maximum atomic E-state index is 10.3. The average Bonchev–Trinajstić information content (AvgIpc) is 2.19. The van der Waals surface area contributed by atoms with Crippen molar-refractivity contribution in [1.29, 1.82) is 0 Å². The predicted octanol–water partition coefficient (Wildman–Crippen LogP) is 2.58. The Balaban J connectivity index is 2.59. The summed E-state index contributed by atoms with van der Waals surface area (Å²) in [6.45, 7) is 2.67. The molecule has 1 N–H and O–H groups in total. The summed E-state index contributed by atoms with van der Waals surface area (Å²) in [5, 5.41) is 13.4. The molecular formula is C10H12N2O2. The first-order chi connectivity index (χ1) is 6.74. The minimum Gasteiger partial charge on any atom is -0.382 e. The first-order valence-corrected chi connectivity index (χ1v) is 4.33. The Morgan fingerprint density at radius 2 is 2.07 bits per heavy atom. The quantitative estimate of drug-likeness (QED) is 0.453. The lowest BCUT2D eigenvalue weighted by atomic mass is 10.3. The number of allylic oxidation sites excluding steroid dienone is 1. The molecule has 0 spiro atoms. The SMILES string of the molecule is C/C=C\CNc1ccc([N+](=O)[O-])cc1. The molecular weight excluding hydrogens is 180 g/mol. The first kappa shape index (κ1) is 10.2. The minimum atomic E-state index is -0.407. The average molecular weight is 192 g/mol. The van der Waals surface area contributed by atoms with Gasteiger partial charge in [-0.25, -0.2) is 0 Å². The van der Waals surface area contributed by atoms with Gasteiger partial charge in [-0.3, -0.25) is 10.1 Å². The molecule has 0 unspecified atom stereocenters. The van der Waals surface area contributed by atoms with Gasteiger partial charge in [0.1, 0.15) is 0 Å². The van der Waals surface area contributed by atoms with Crippen molar-refractivity contribution in [2.75, 3.05) is 11.9 Å². The van der Waals surface area contributed by atoms with E-state index in [1.54, 1.807) is 12.1 Å². The maximum Gasteiger partial charge on any atom is 0.269 e. The standard InChI is InChI=1S/C10H12N2O2/c1-2-3-8-11-9-4-6-10(7-5-9)12(13)14/h2-7,11H,8H2,1H3/b3-2-. The highest BCUT2D eigenvalue weighted by Gasteiger charge is 2.02. The smallest absolute Gasteiger partial charge is 0.269 e. The van der Waals surface area contributed by atoms with Crippen LogP contribution in [0, 0.1) is 10.1 Å². The molecule has 0 bridgehead atoms. The van der Waals surface area contributed by atoms with Crippen LogP contribution in [0.1, 0.15) is 6.92 Å². The number of nitro benzene ring substituents is 1. The Morgan fingerprint density at radius 1 is 1.43 bits per heavy atom. The van der Waals surface area contributed by atoms with Gasteiger partial charge in [0.25, 0.3) is 5.69 Å². The molecule has 4 heteroatoms. The molecule has 0 atom stereocenters. The van der Waals surface area contributed by atoms with Crippen LogP contribution in [0.4, 0.5) is 11.4 Å². The molecule has 0 saturated carbocycles. The fraction of sp³-hybridized carbons (Fsp3) is 0.200. The zero-order valence-electron chi connectivity index (χ0n) is 7.93. The summed E-state index contributed by atoms with van der Waals surface area (Å²) in [7, 11) is 0. The Morgan fingerprint density at radius 3 is 2.57 bits per heavy atom. The van der Waals surface area contributed by atoms with Gasteiger partial charge in [0.15, 0.2) is 0 Å². The fourth-order valence-electron chi connectivity index (χ4n) is 0.996. The number of hydrogen-bond donors (Lipinski definition) is 1. The van der Waals surface area contributed by atoms with E-state index >= 15 is 0 Å². The summed E-state index contributed by atoms with van der Waals surface area (Å²) in [6, 6.07) is 6.36. The molecule has 1 aromatic rings. The van der Waals surface area contributed by atoms with Crippen molar-refractivity contribution in [3.63, 3.8) is 0 Å². The molecule has 0 aliphatic rings. The van der Waals surface area contributed by atoms with Gasteiger partial charge in [0.05, 0.1) is 4.92 Å². The number of benzene rings is 1. The molecule has 1 rings (SSSR count). The number of nitro groups is 1. The summed E-state index contributed by atoms with van der Waals surface area (Å²) in [6.07, 6.45) is 3.92. The third kappa shape index (κ3) is 2.90. The van der Waals surface area contributed by atoms with Crippen LogP contribution in [0.15, 0.2) is 36.4 Å². The van der Waals surface area contributed by atoms with Crippen LogP contribution in [0.25, 0.3) is 0 Å². The molecule has 4 nitrogen and oxygen atoms in total. The lowest BCUT2D eigenvalue weighted by Crippen LogP contribution is -1.97. The van der Waals surface area contributed by atoms with Crippen LogP contribution in [0.3, 0.4) is 0 Å². The molecule has 0 heterocycles. The molecule has 1 aromatic carbocycles. The molecule has 0 aliphatic carbocycles. The Labute approximate surface area is 82.4 Å². The molecule has 0 amide bonds. The second-order valence-corrected chi connectivity index (χ2v) is 2.75. The zero-order chi connectivity index (χ0) is 10.4. The maximum absolute atomic E-state index is 10.3. The van der Waals surface area contributed by atoms with Gasteiger partial charge in [0, 0.05) is 24.4 Å². The van der Waals surface area contributed by atoms with Gasteiger partial charge in [-0.2, -0.15) is 0 Å². The van der Waals surface area contributed by atoms with Gasteiger partial charge in [-0.15, -0.1) is 0 Å². The minimum absolute atomic E-state index is 0.113. The van der Waals surface area contributed by atoms with Crippen molar-refractivity contribution in [2.45, 2.75) is 6.92 Å². The Hall–Kier alpha value is -1.84. The highest BCUT2D eigenvalue weighted by atomic mass is 16.6. The lowest BCUT2D eigenvalue weighted by molar-refractivity contribution is -0.384. The van der Waals surface area contributed by atoms with Crippen molar-refractivity contribution in [2.24, 2.45) is 0 Å². The van der Waals surface area contributed by atoms with E-state index in [2.05, 4.69) is 5.32 Å². The largest absolute Gasteiger partial charge is 0.382 e. The molecule has 0 aliphatic heterocycles. The normalized spacial score (nSPS) is 10.4. The van der Waals surface area contributed by atoms with E-state index in [4.69, 9.17) is 0 Å². The van der Waals surface area contributed by atoms with E-state index in [9.17, 15) is 10.1 Å². The molecule has 0 fully saturated rings. The third-order valence-corrected chi connectivity index (χ3v) is 1.74. The predicted molar refractivity (Wildman–Crippen MR) is 56.4 cm³/mol. The van der Waals surface area contributed by atoms with E-state index in [0.29, 0.717) is 0 Å². The van der Waals surface area contributed by atoms with Crippen molar-refractivity contribution < 1.29 is 4.92 Å². The van der Waals surface area contributed by atoms with Crippen molar-refractivity contribution in [3.05, 3.63) is 46.5 Å². The molecule has 74 valence electrons. The monoisotopic (exact) mass is 192 g/mol. The van der Waals surface area contributed by atoms with E-state index in [-0.39, 0.29) is 5.69 Å². The summed E-state index contributed by atoms with van der Waals surface area (Å²) in [5.74, 6) is 0. The Kier molecular flexibility index (Phi) is 3.67. The van der Waals surface area contributed by atoms with E-state index in [1.807, 2.05) is 19.1 Å². The Bertz CT molecular complexity index is 330. The first-order valence-electron chi connectivity index (χ1n) is 4.33. The number of nitrogens with zero attached hydrogens (tertiary/aromatic N) is 1. The number of nitrogens with one attached hydrogen (secondary N) is 1. The summed E-state index contributed by atoms with van der Waals surface area (Å²) in [5.41, 5.74) is 0.996. The number of non-ortho nitro benzene ring substituents is 1. The number of hydrogen-bond acceptors (Lipinski definition) is 3. The fourth-order valence-corrected chi connectivity index (χ4v) is 0.996. The lowest BCUT2D eigenvalue weighted by Gasteiger charge is -2.01. The molecule has 0 saturated heterocycles. The second-order valence-electron chi connectivity index (χ2n) is 2.75. The van der Waals surface area contributed by atoms with Crippen LogP contribution >= 0.6 is 0 Å². The summed E-state index contributed by atoms with van der Waals surface area (Å²) in [4.78, 5) is 9.94. The highest BCUT2D eigenvalue weighted by Crippen LogP contribution is 2.14. The van der Waals surface area contributed by atoms with Crippen molar-refractivity contribution in [3.8, 4) is 0 Å². The topological polar surface area (TPSA) is 55.2 Å². The summed E-state index contributed by atoms with van der Waals surface area (Å²) < 4.78 is 0. The van der Waals surface area contributed by atoms with Crippen LogP contribution in [-0.4, -0.2) is 11.5 Å². The van der Waals surface area contributed by atoms with Crippen molar-refractivity contribution >= 4 is 11.4 Å². The number of anilines is 1. The van der Waals surface area contributed by atoms with Gasteiger partial charge >= 0.3 is 0 Å². The second kappa shape index (κ2) is 5.01. The molecule has 0 radical (unpaired) electrons. The van der Waals surface area contributed by atoms with Crippen LogP contribution in [-0.2, 0) is 0 Å². The van der Waals surface area contributed by atoms with Gasteiger partial charge < -0.3 is 5.32 Å². The zero-order valence-corrected chi connectivity index (χ0v) is 7.93. The van der Waals surface area contributed by atoms with E-state index in [0.717, 1.165) is 12.2 Å². The van der Waals surface area contributed by atoms with Gasteiger partial charge in [-0.05, 0) is 19.1 Å². The third-order valence-electron chi connectivity index (χ3n) is 1.74. The van der Waals surface area contributed by atoms with Gasteiger partial charge in [0.2, 0.25) is 0 Å². The van der Waals surface area contributed by atoms with Gasteiger partial charge in [-0.1, -0.05) is 12.2 Å². The van der Waals surface area contributed by atoms with Crippen LogP contribution in [0.2, 0.25) is 0 Å².